The van der Waals surface area contributed by atoms with Gasteiger partial charge < -0.3 is 15.0 Å². The lowest BCUT2D eigenvalue weighted by Gasteiger charge is -2.17. The van der Waals surface area contributed by atoms with Gasteiger partial charge in [-0.15, -0.1) is 0 Å². The Morgan fingerprint density at radius 2 is 1.81 bits per heavy atom. The Labute approximate surface area is 153 Å². The lowest BCUT2D eigenvalue weighted by atomic mass is 10.2. The van der Waals surface area contributed by atoms with E-state index < -0.39 is 0 Å². The number of carbonyl (C=O) groups excluding carboxylic acids is 1. The van der Waals surface area contributed by atoms with Crippen LogP contribution >= 0.6 is 0 Å². The number of urea groups is 1. The van der Waals surface area contributed by atoms with E-state index in [0.717, 1.165) is 24.4 Å². The van der Waals surface area contributed by atoms with Gasteiger partial charge in [-0.3, -0.25) is 0 Å². The van der Waals surface area contributed by atoms with Crippen molar-refractivity contribution in [2.75, 3.05) is 29.9 Å². The summed E-state index contributed by atoms with van der Waals surface area (Å²) in [6, 6.07) is 15.0. The summed E-state index contributed by atoms with van der Waals surface area (Å²) in [4.78, 5) is 14.2. The molecule has 6 heteroatoms. The number of hydrogen-bond acceptors (Lipinski definition) is 4. The van der Waals surface area contributed by atoms with E-state index in [-0.39, 0.29) is 6.03 Å². The third-order valence-electron chi connectivity index (χ3n) is 4.17. The molecule has 0 atom stereocenters. The molecule has 3 rings (SSSR count). The minimum absolute atomic E-state index is 0.390. The van der Waals surface area contributed by atoms with Gasteiger partial charge in [-0.1, -0.05) is 12.1 Å². The molecule has 0 bridgehead atoms. The molecule has 0 radical (unpaired) electrons. The number of rotatable bonds is 6. The second-order valence-electron chi connectivity index (χ2n) is 6.07. The number of hydrogen-bond donors (Lipinski definition) is 2. The fourth-order valence-electron chi connectivity index (χ4n) is 2.87. The molecule has 26 heavy (non-hydrogen) atoms. The maximum atomic E-state index is 11.9. The van der Waals surface area contributed by atoms with Crippen LogP contribution in [-0.2, 0) is 0 Å². The van der Waals surface area contributed by atoms with Crippen molar-refractivity contribution >= 4 is 23.6 Å². The van der Waals surface area contributed by atoms with Gasteiger partial charge in [0.2, 0.25) is 0 Å². The van der Waals surface area contributed by atoms with E-state index in [2.05, 4.69) is 32.9 Å². The van der Waals surface area contributed by atoms with Crippen molar-refractivity contribution in [3.8, 4) is 5.75 Å². The average molecular weight is 352 g/mol. The number of benzene rings is 2. The molecule has 1 saturated heterocycles. The molecule has 136 valence electrons. The van der Waals surface area contributed by atoms with Crippen LogP contribution in [0.25, 0.3) is 0 Å². The zero-order valence-electron chi connectivity index (χ0n) is 14.9. The van der Waals surface area contributed by atoms with Crippen molar-refractivity contribution in [2.45, 2.75) is 19.8 Å². The Bertz CT molecular complexity index is 735. The Hall–Kier alpha value is -3.02. The predicted octanol–water partition coefficient (Wildman–Crippen LogP) is 3.84. The van der Waals surface area contributed by atoms with E-state index >= 15 is 0 Å². The Kier molecular flexibility index (Phi) is 6.09. The molecule has 1 aliphatic rings. The van der Waals surface area contributed by atoms with Crippen molar-refractivity contribution in [3.63, 3.8) is 0 Å². The Balaban J connectivity index is 1.47. The van der Waals surface area contributed by atoms with Gasteiger partial charge in [0, 0.05) is 24.5 Å². The summed E-state index contributed by atoms with van der Waals surface area (Å²) in [7, 11) is 0. The predicted molar refractivity (Wildman–Crippen MR) is 105 cm³/mol. The Morgan fingerprint density at radius 3 is 2.46 bits per heavy atom. The van der Waals surface area contributed by atoms with Gasteiger partial charge in [0.15, 0.2) is 0 Å². The molecule has 1 fully saturated rings. The van der Waals surface area contributed by atoms with Crippen LogP contribution in [0.15, 0.2) is 53.6 Å². The number of amides is 2. The van der Waals surface area contributed by atoms with Crippen LogP contribution in [0.2, 0.25) is 0 Å². The topological polar surface area (TPSA) is 66.0 Å². The van der Waals surface area contributed by atoms with Crippen LogP contribution in [0.5, 0.6) is 5.75 Å². The molecular weight excluding hydrogens is 328 g/mol. The quantitative estimate of drug-likeness (QED) is 0.613. The molecule has 1 aliphatic heterocycles. The first-order chi connectivity index (χ1) is 12.7. The van der Waals surface area contributed by atoms with Crippen LogP contribution in [0, 0.1) is 0 Å². The van der Waals surface area contributed by atoms with Crippen molar-refractivity contribution in [1.82, 2.24) is 5.43 Å². The largest absolute Gasteiger partial charge is 0.494 e. The number of nitrogens with zero attached hydrogens (tertiary/aromatic N) is 2. The highest BCUT2D eigenvalue weighted by atomic mass is 16.5. The van der Waals surface area contributed by atoms with E-state index in [9.17, 15) is 4.79 Å². The second-order valence-corrected chi connectivity index (χ2v) is 6.07. The smallest absolute Gasteiger partial charge is 0.339 e. The number of hydrazone groups is 1. The summed E-state index contributed by atoms with van der Waals surface area (Å²) in [5, 5.41) is 6.70. The molecule has 0 saturated carbocycles. The van der Waals surface area contributed by atoms with E-state index in [4.69, 9.17) is 4.74 Å². The van der Waals surface area contributed by atoms with Gasteiger partial charge in [-0.05, 0) is 61.7 Å². The van der Waals surface area contributed by atoms with Gasteiger partial charge >= 0.3 is 6.03 Å². The average Bonchev–Trinajstić information content (AvgIpc) is 3.19. The number of ether oxygens (including phenoxy) is 1. The van der Waals surface area contributed by atoms with Gasteiger partial charge in [0.1, 0.15) is 5.75 Å². The molecule has 6 nitrogen and oxygen atoms in total. The summed E-state index contributed by atoms with van der Waals surface area (Å²) in [5.74, 6) is 0.772. The van der Waals surface area contributed by atoms with Gasteiger partial charge in [0.05, 0.1) is 12.8 Å². The lowest BCUT2D eigenvalue weighted by Crippen LogP contribution is -2.24. The van der Waals surface area contributed by atoms with E-state index in [1.807, 2.05) is 31.2 Å². The van der Waals surface area contributed by atoms with E-state index in [0.29, 0.717) is 12.3 Å². The van der Waals surface area contributed by atoms with Crippen molar-refractivity contribution < 1.29 is 9.53 Å². The van der Waals surface area contributed by atoms with E-state index in [1.165, 1.54) is 18.5 Å². The molecule has 1 heterocycles. The molecule has 2 aromatic carbocycles. The third-order valence-corrected chi connectivity index (χ3v) is 4.17. The molecule has 0 aromatic heterocycles. The highest BCUT2D eigenvalue weighted by Gasteiger charge is 2.11. The van der Waals surface area contributed by atoms with E-state index in [1.54, 1.807) is 18.3 Å². The maximum absolute atomic E-state index is 11.9. The van der Waals surface area contributed by atoms with Gasteiger partial charge in [-0.2, -0.15) is 5.10 Å². The highest BCUT2D eigenvalue weighted by Crippen LogP contribution is 2.20. The third kappa shape index (κ3) is 4.99. The van der Waals surface area contributed by atoms with Gasteiger partial charge in [-0.25, -0.2) is 10.2 Å². The summed E-state index contributed by atoms with van der Waals surface area (Å²) in [6.45, 7) is 4.79. The van der Waals surface area contributed by atoms with Crippen LogP contribution in [-0.4, -0.2) is 31.9 Å². The molecular formula is C20H24N4O2. The molecule has 0 aliphatic carbocycles. The Morgan fingerprint density at radius 1 is 1.12 bits per heavy atom. The minimum atomic E-state index is -0.390. The zero-order valence-corrected chi connectivity index (χ0v) is 14.9. The maximum Gasteiger partial charge on any atom is 0.339 e. The monoisotopic (exact) mass is 352 g/mol. The van der Waals surface area contributed by atoms with Crippen LogP contribution < -0.4 is 20.4 Å². The van der Waals surface area contributed by atoms with Crippen molar-refractivity contribution in [1.29, 1.82) is 0 Å². The molecule has 0 spiro atoms. The SMILES string of the molecule is CCOc1ccc(NC(=O)N/N=C/c2ccc(N3CCCC3)cc2)cc1. The van der Waals surface area contributed by atoms with Crippen LogP contribution in [0.4, 0.5) is 16.2 Å². The molecule has 2 aromatic rings. The fourth-order valence-corrected chi connectivity index (χ4v) is 2.87. The first-order valence-corrected chi connectivity index (χ1v) is 8.92. The normalized spacial score (nSPS) is 13.8. The summed E-state index contributed by atoms with van der Waals surface area (Å²) >= 11 is 0. The van der Waals surface area contributed by atoms with Gasteiger partial charge in [0.25, 0.3) is 0 Å². The fraction of sp³-hybridized carbons (Fsp3) is 0.300. The first-order valence-electron chi connectivity index (χ1n) is 8.92. The lowest BCUT2D eigenvalue weighted by molar-refractivity contribution is 0.252. The highest BCUT2D eigenvalue weighted by molar-refractivity contribution is 5.90. The standard InChI is InChI=1S/C20H24N4O2/c1-2-26-19-11-7-17(8-12-19)22-20(25)23-21-15-16-5-9-18(10-6-16)24-13-3-4-14-24/h5-12,15H,2-4,13-14H2,1H3,(H2,22,23,25)/b21-15+. The number of carbonyl (C=O) groups is 1. The van der Waals surface area contributed by atoms with Crippen molar-refractivity contribution in [2.24, 2.45) is 5.10 Å². The minimum Gasteiger partial charge on any atom is -0.494 e. The molecule has 2 N–H and O–H groups in total. The second kappa shape index (κ2) is 8.89. The summed E-state index contributed by atoms with van der Waals surface area (Å²) in [5.41, 5.74) is 5.32. The summed E-state index contributed by atoms with van der Waals surface area (Å²) in [6.07, 6.45) is 4.15. The number of anilines is 2. The van der Waals surface area contributed by atoms with Crippen molar-refractivity contribution in [3.05, 3.63) is 54.1 Å². The molecule has 0 unspecified atom stereocenters. The zero-order chi connectivity index (χ0) is 18.2. The van der Waals surface area contributed by atoms with Crippen LogP contribution in [0.3, 0.4) is 0 Å². The molecule has 2 amide bonds. The van der Waals surface area contributed by atoms with Crippen LogP contribution in [0.1, 0.15) is 25.3 Å². The first kappa shape index (κ1) is 17.8. The summed E-state index contributed by atoms with van der Waals surface area (Å²) < 4.78 is 5.37. The number of nitrogens with one attached hydrogen (secondary N) is 2.